The molecular formula is C41H42N4O5S2. The fourth-order valence-corrected chi connectivity index (χ4v) is 6.95. The number of carboxylic acid groups (broad SMARTS) is 1. The number of ether oxygens (including phenoxy) is 2. The van der Waals surface area contributed by atoms with Crippen molar-refractivity contribution in [1.29, 1.82) is 0 Å². The van der Waals surface area contributed by atoms with Gasteiger partial charge in [0.1, 0.15) is 11.5 Å². The summed E-state index contributed by atoms with van der Waals surface area (Å²) in [5, 5.41) is 17.2. The molecule has 2 fully saturated rings. The van der Waals surface area contributed by atoms with Crippen LogP contribution in [0.25, 0.3) is 22.5 Å². The van der Waals surface area contributed by atoms with Gasteiger partial charge in [0.2, 0.25) is 5.91 Å². The highest BCUT2D eigenvalue weighted by Gasteiger charge is 2.52. The number of methoxy groups -OCH3 is 2. The number of aromatic nitrogens is 2. The lowest BCUT2D eigenvalue weighted by Gasteiger charge is -2.15. The Hall–Kier alpha value is -5.52. The standard InChI is InChI=1S/C20H18N2O2S.C11H12O3.C9H8N2S.CH4/c1-24-16-9-7-15(8-10-16)20(11-12-20)18(23)22-19-21-17(13-25-19)14-5-3-2-4-6-14;1-14-9-4-2-8(3-5-9)11(6-7-11)10(12)13;10-9-11-8(6-12-9)7-4-2-1-3-5-7;/h2-10,13H,11-12H2,1H3,(H,21,22,23);2-5H,6-7H2,1H3,(H,12,13);1-6H,(H2,10,11);1H4. The van der Waals surface area contributed by atoms with Gasteiger partial charge in [-0.05, 0) is 61.1 Å². The minimum Gasteiger partial charge on any atom is -0.497 e. The van der Waals surface area contributed by atoms with Gasteiger partial charge < -0.3 is 25.6 Å². The van der Waals surface area contributed by atoms with Crippen molar-refractivity contribution in [3.8, 4) is 34.0 Å². The number of nitrogens with one attached hydrogen (secondary N) is 1. The third-order valence-corrected chi connectivity index (χ3v) is 10.4. The van der Waals surface area contributed by atoms with E-state index in [1.165, 1.54) is 22.7 Å². The van der Waals surface area contributed by atoms with Crippen LogP contribution in [0.1, 0.15) is 44.2 Å². The molecule has 0 spiro atoms. The first-order valence-corrected chi connectivity index (χ1v) is 18.1. The topological polar surface area (TPSA) is 137 Å². The molecule has 11 heteroatoms. The van der Waals surface area contributed by atoms with E-state index in [1.54, 1.807) is 26.4 Å². The number of rotatable bonds is 9. The van der Waals surface area contributed by atoms with Crippen LogP contribution in [0, 0.1) is 0 Å². The van der Waals surface area contributed by atoms with Crippen molar-refractivity contribution >= 4 is 44.8 Å². The number of carbonyl (C=O) groups excluding carboxylic acids is 1. The first kappa shape index (κ1) is 37.7. The van der Waals surface area contributed by atoms with Crippen molar-refractivity contribution in [2.45, 2.75) is 43.9 Å². The molecule has 1 amide bonds. The van der Waals surface area contributed by atoms with Crippen molar-refractivity contribution in [3.05, 3.63) is 131 Å². The number of amides is 1. The van der Waals surface area contributed by atoms with Crippen molar-refractivity contribution in [2.24, 2.45) is 0 Å². The fraction of sp³-hybridized carbons (Fsp3) is 0.220. The molecule has 0 atom stereocenters. The highest BCUT2D eigenvalue weighted by atomic mass is 32.1. The Morgan fingerprint density at radius 1 is 0.673 bits per heavy atom. The van der Waals surface area contributed by atoms with E-state index in [2.05, 4.69) is 15.3 Å². The Bertz CT molecular complexity index is 2060. The second-order valence-electron chi connectivity index (χ2n) is 12.2. The van der Waals surface area contributed by atoms with Gasteiger partial charge in [-0.25, -0.2) is 9.97 Å². The van der Waals surface area contributed by atoms with Gasteiger partial charge in [-0.2, -0.15) is 0 Å². The normalized spacial score (nSPS) is 14.1. The van der Waals surface area contributed by atoms with Gasteiger partial charge in [0.25, 0.3) is 0 Å². The average Bonchev–Trinajstić information content (AvgIpc) is 4.08. The maximum Gasteiger partial charge on any atom is 0.314 e. The molecule has 0 aliphatic heterocycles. The van der Waals surface area contributed by atoms with Crippen LogP contribution in [-0.4, -0.2) is 41.2 Å². The van der Waals surface area contributed by atoms with Crippen LogP contribution in [-0.2, 0) is 20.4 Å². The molecule has 4 N–H and O–H groups in total. The second-order valence-corrected chi connectivity index (χ2v) is 14.0. The van der Waals surface area contributed by atoms with Gasteiger partial charge >= 0.3 is 5.97 Å². The van der Waals surface area contributed by atoms with E-state index < -0.39 is 16.8 Å². The predicted octanol–water partition coefficient (Wildman–Crippen LogP) is 9.33. The van der Waals surface area contributed by atoms with Gasteiger partial charge in [0.05, 0.1) is 36.4 Å². The Labute approximate surface area is 312 Å². The minimum atomic E-state index is -0.720. The van der Waals surface area contributed by atoms with Crippen molar-refractivity contribution in [2.75, 3.05) is 25.3 Å². The molecular weight excluding hydrogens is 693 g/mol. The SMILES string of the molecule is C.COc1ccc(C2(C(=O)Nc3nc(-c4ccccc4)cs3)CC2)cc1.COc1ccc(C2(C(=O)O)CC2)cc1.Nc1nc(-c2ccccc2)cs1. The number of nitrogen functional groups attached to an aromatic ring is 1. The summed E-state index contributed by atoms with van der Waals surface area (Å²) in [6.45, 7) is 0. The zero-order chi connectivity index (χ0) is 35.8. The Morgan fingerprint density at radius 2 is 1.12 bits per heavy atom. The zero-order valence-electron chi connectivity index (χ0n) is 28.2. The average molecular weight is 735 g/mol. The molecule has 6 aromatic rings. The molecule has 4 aromatic carbocycles. The van der Waals surface area contributed by atoms with E-state index in [0.717, 1.165) is 70.8 Å². The fourth-order valence-electron chi connectivity index (χ4n) is 5.66. The molecule has 268 valence electrons. The van der Waals surface area contributed by atoms with Gasteiger partial charge in [0, 0.05) is 21.9 Å². The first-order chi connectivity index (χ1) is 24.8. The molecule has 52 heavy (non-hydrogen) atoms. The number of thiazole rings is 2. The monoisotopic (exact) mass is 734 g/mol. The zero-order valence-corrected chi connectivity index (χ0v) is 29.9. The van der Waals surface area contributed by atoms with E-state index in [9.17, 15) is 9.59 Å². The highest BCUT2D eigenvalue weighted by molar-refractivity contribution is 7.14. The molecule has 0 bridgehead atoms. The maximum atomic E-state index is 12.8. The highest BCUT2D eigenvalue weighted by Crippen LogP contribution is 2.50. The number of aliphatic carboxylic acids is 1. The van der Waals surface area contributed by atoms with Crippen LogP contribution in [0.15, 0.2) is 120 Å². The van der Waals surface area contributed by atoms with Crippen molar-refractivity contribution in [1.82, 2.24) is 9.97 Å². The van der Waals surface area contributed by atoms with Crippen molar-refractivity contribution < 1.29 is 24.2 Å². The lowest BCUT2D eigenvalue weighted by atomic mass is 9.95. The summed E-state index contributed by atoms with van der Waals surface area (Å²) in [4.78, 5) is 32.6. The van der Waals surface area contributed by atoms with Crippen LogP contribution in [0.2, 0.25) is 0 Å². The lowest BCUT2D eigenvalue weighted by Crippen LogP contribution is -2.27. The van der Waals surface area contributed by atoms with Crippen molar-refractivity contribution in [3.63, 3.8) is 0 Å². The van der Waals surface area contributed by atoms with Gasteiger partial charge in [-0.15, -0.1) is 22.7 Å². The molecule has 0 radical (unpaired) electrons. The number of hydrogen-bond donors (Lipinski definition) is 3. The van der Waals surface area contributed by atoms with E-state index in [-0.39, 0.29) is 13.3 Å². The summed E-state index contributed by atoms with van der Waals surface area (Å²) in [7, 11) is 3.24. The molecule has 2 aromatic heterocycles. The largest absolute Gasteiger partial charge is 0.497 e. The van der Waals surface area contributed by atoms with Gasteiger partial charge in [-0.1, -0.05) is 92.4 Å². The smallest absolute Gasteiger partial charge is 0.314 e. The number of anilines is 2. The summed E-state index contributed by atoms with van der Waals surface area (Å²) >= 11 is 2.92. The Morgan fingerprint density at radius 3 is 1.52 bits per heavy atom. The van der Waals surface area contributed by atoms with Crippen LogP contribution >= 0.6 is 22.7 Å². The van der Waals surface area contributed by atoms with E-state index in [1.807, 2.05) is 108 Å². The molecule has 9 nitrogen and oxygen atoms in total. The molecule has 2 heterocycles. The second kappa shape index (κ2) is 16.7. The number of nitrogens with zero attached hydrogens (tertiary/aromatic N) is 2. The molecule has 2 aliphatic carbocycles. The van der Waals surface area contributed by atoms with Crippen LogP contribution in [0.5, 0.6) is 11.5 Å². The van der Waals surface area contributed by atoms with E-state index >= 15 is 0 Å². The van der Waals surface area contributed by atoms with Crippen LogP contribution < -0.4 is 20.5 Å². The van der Waals surface area contributed by atoms with Gasteiger partial charge in [0.15, 0.2) is 10.3 Å². The number of hydrogen-bond acceptors (Lipinski definition) is 9. The van der Waals surface area contributed by atoms with Crippen LogP contribution in [0.4, 0.5) is 10.3 Å². The molecule has 2 aliphatic rings. The molecule has 2 saturated carbocycles. The predicted molar refractivity (Wildman–Crippen MR) is 210 cm³/mol. The Kier molecular flexibility index (Phi) is 12.1. The molecule has 8 rings (SSSR count). The van der Waals surface area contributed by atoms with E-state index in [4.69, 9.17) is 20.3 Å². The summed E-state index contributed by atoms with van der Waals surface area (Å²) in [6.07, 6.45) is 3.22. The first-order valence-electron chi connectivity index (χ1n) is 16.4. The Balaban J connectivity index is 0.000000164. The summed E-state index contributed by atoms with van der Waals surface area (Å²) in [6, 6.07) is 35.0. The van der Waals surface area contributed by atoms with Gasteiger partial charge in [-0.3, -0.25) is 9.59 Å². The summed E-state index contributed by atoms with van der Waals surface area (Å²) < 4.78 is 10.2. The lowest BCUT2D eigenvalue weighted by molar-refractivity contribution is -0.140. The number of carbonyl (C=O) groups is 2. The van der Waals surface area contributed by atoms with Crippen LogP contribution in [0.3, 0.4) is 0 Å². The quantitative estimate of drug-likeness (QED) is 0.134. The minimum absolute atomic E-state index is 0. The number of carboxylic acids is 1. The number of benzene rings is 4. The molecule has 0 saturated heterocycles. The third kappa shape index (κ3) is 8.67. The molecule has 0 unspecified atom stereocenters. The maximum absolute atomic E-state index is 12.8. The van der Waals surface area contributed by atoms with E-state index in [0.29, 0.717) is 10.3 Å². The summed E-state index contributed by atoms with van der Waals surface area (Å²) in [5.74, 6) is 0.858. The summed E-state index contributed by atoms with van der Waals surface area (Å²) in [5.41, 5.74) is 10.4. The third-order valence-electron chi connectivity index (χ3n) is 9.01. The number of nitrogens with two attached hydrogens (primary N) is 1.